The first-order valence-corrected chi connectivity index (χ1v) is 25.0. The SMILES string of the molecule is CCCCC(C)Cl.CCCCC(C)OC(=O)C(N)CCCN=C(N)NC(=O)OCC1c2ccccc2-c2ccccc21.NC(=NCCCC(N)C(=O)O)NC(=O)OCC1c2ccccc2-c2ccccc21. The predicted molar refractivity (Wildman–Crippen MR) is 281 cm³/mol. The number of halogens is 1. The molecule has 11 N–H and O–H groups in total. The molecule has 16 nitrogen and oxygen atoms in total. The number of esters is 1. The van der Waals surface area contributed by atoms with Crippen LogP contribution in [-0.2, 0) is 23.8 Å². The Morgan fingerprint density at radius 3 is 1.31 bits per heavy atom. The van der Waals surface area contributed by atoms with Crippen LogP contribution in [0.2, 0.25) is 0 Å². The third-order valence-electron chi connectivity index (χ3n) is 11.9. The molecule has 2 aliphatic carbocycles. The number of carboxylic acid groups (broad SMARTS) is 1. The minimum Gasteiger partial charge on any atom is -0.480 e. The number of rotatable bonds is 21. The molecule has 71 heavy (non-hydrogen) atoms. The lowest BCUT2D eigenvalue weighted by atomic mass is 9.98. The Morgan fingerprint density at radius 2 is 0.958 bits per heavy atom. The molecule has 384 valence electrons. The molecule has 4 atom stereocenters. The van der Waals surface area contributed by atoms with Crippen molar-refractivity contribution in [3.8, 4) is 22.3 Å². The molecule has 4 aromatic rings. The maximum atomic E-state index is 12.3. The summed E-state index contributed by atoms with van der Waals surface area (Å²) in [6, 6.07) is 30.8. The smallest absolute Gasteiger partial charge is 0.413 e. The molecule has 0 radical (unpaired) electrons. The number of carboxylic acids is 1. The van der Waals surface area contributed by atoms with Crippen LogP contribution >= 0.6 is 11.6 Å². The molecule has 0 aliphatic heterocycles. The maximum absolute atomic E-state index is 12.3. The van der Waals surface area contributed by atoms with Gasteiger partial charge in [-0.2, -0.15) is 0 Å². The summed E-state index contributed by atoms with van der Waals surface area (Å²) in [6.07, 6.45) is 6.78. The van der Waals surface area contributed by atoms with E-state index in [0.717, 1.165) is 70.2 Å². The summed E-state index contributed by atoms with van der Waals surface area (Å²) < 4.78 is 16.2. The van der Waals surface area contributed by atoms with Gasteiger partial charge in [0.15, 0.2) is 11.9 Å². The van der Waals surface area contributed by atoms with Crippen molar-refractivity contribution in [2.45, 2.75) is 127 Å². The lowest BCUT2D eigenvalue weighted by Crippen LogP contribution is -2.38. The van der Waals surface area contributed by atoms with Gasteiger partial charge in [-0.15, -0.1) is 11.6 Å². The van der Waals surface area contributed by atoms with E-state index < -0.39 is 36.2 Å². The molecular weight excluding hydrogens is 924 g/mol. The number of ether oxygens (including phenoxy) is 3. The number of carbonyl (C=O) groups excluding carboxylic acids is 3. The van der Waals surface area contributed by atoms with Gasteiger partial charge in [0.1, 0.15) is 25.3 Å². The summed E-state index contributed by atoms with van der Waals surface area (Å²) >= 11 is 5.66. The van der Waals surface area contributed by atoms with E-state index in [1.165, 1.54) is 12.8 Å². The maximum Gasteiger partial charge on any atom is 0.413 e. The number of alkyl halides is 1. The molecule has 0 fully saturated rings. The Morgan fingerprint density at radius 1 is 0.592 bits per heavy atom. The number of hydrogen-bond donors (Lipinski definition) is 7. The van der Waals surface area contributed by atoms with Gasteiger partial charge in [0.05, 0.1) is 6.10 Å². The third kappa shape index (κ3) is 18.6. The fraction of sp³-hybridized carbons (Fsp3) is 0.444. The van der Waals surface area contributed by atoms with Crippen molar-refractivity contribution in [1.82, 2.24) is 10.6 Å². The largest absolute Gasteiger partial charge is 0.480 e. The number of hydrogen-bond acceptors (Lipinski definition) is 11. The first-order chi connectivity index (χ1) is 34.1. The zero-order valence-electron chi connectivity index (χ0n) is 41.5. The second kappa shape index (κ2) is 30.3. The Balaban J connectivity index is 0.000000275. The third-order valence-corrected chi connectivity index (χ3v) is 12.1. The second-order valence-electron chi connectivity index (χ2n) is 17.6. The highest BCUT2D eigenvalue weighted by atomic mass is 35.5. The fourth-order valence-electron chi connectivity index (χ4n) is 8.14. The molecule has 2 aliphatic rings. The Kier molecular flexibility index (Phi) is 24.4. The standard InChI is InChI=1S/C27H36N4O4.C21H24N4O4.C6H13Cl/c1-3-4-10-18(2)35-25(32)24(28)15-9-16-30-26(29)31-27(33)34-17-23-21-13-7-5-11-19(21)20-12-6-8-14-22(20)23;22-18(19(26)27)10-5-11-24-20(23)25-21(28)29-12-17-15-8-3-1-6-13(15)14-7-2-4-9-16(14)17;1-3-4-5-6(2)7/h5-8,11-14,18,23-24H,3-4,9-10,15-17,28H2,1-2H3,(H3,29,30,31,33);1-4,6-9,17-18H,5,10-12,22H2,(H,26,27)(H3,23,24,25,28);6H,3-5H2,1-2H3. The van der Waals surface area contributed by atoms with Crippen molar-refractivity contribution >= 4 is 47.6 Å². The van der Waals surface area contributed by atoms with Crippen LogP contribution in [0.3, 0.4) is 0 Å². The zero-order valence-corrected chi connectivity index (χ0v) is 42.2. The topological polar surface area (TPSA) is 269 Å². The van der Waals surface area contributed by atoms with Crippen molar-refractivity contribution < 1.29 is 38.5 Å². The van der Waals surface area contributed by atoms with Crippen LogP contribution in [0.4, 0.5) is 9.59 Å². The van der Waals surface area contributed by atoms with Crippen molar-refractivity contribution in [3.63, 3.8) is 0 Å². The van der Waals surface area contributed by atoms with Gasteiger partial charge in [-0.3, -0.25) is 30.2 Å². The second-order valence-corrected chi connectivity index (χ2v) is 18.3. The average Bonchev–Trinajstić information content (AvgIpc) is 3.86. The quantitative estimate of drug-likeness (QED) is 0.0103. The molecule has 0 spiro atoms. The van der Waals surface area contributed by atoms with Gasteiger partial charge in [0.2, 0.25) is 0 Å². The van der Waals surface area contributed by atoms with E-state index in [1.54, 1.807) is 0 Å². The number of amides is 2. The first kappa shape index (κ1) is 57.1. The summed E-state index contributed by atoms with van der Waals surface area (Å²) in [7, 11) is 0. The number of aliphatic carboxylic acids is 1. The Hall–Kier alpha value is -6.49. The van der Waals surface area contributed by atoms with Gasteiger partial charge in [0.25, 0.3) is 0 Å². The summed E-state index contributed by atoms with van der Waals surface area (Å²) in [6.45, 7) is 9.14. The molecule has 0 bridgehead atoms. The van der Waals surface area contributed by atoms with Gasteiger partial charge >= 0.3 is 24.1 Å². The fourth-order valence-corrected chi connectivity index (χ4v) is 8.30. The number of nitrogens with two attached hydrogens (primary N) is 4. The molecule has 2 amide bonds. The number of fused-ring (bicyclic) bond motifs is 6. The van der Waals surface area contributed by atoms with E-state index in [4.69, 9.17) is 53.9 Å². The molecule has 0 saturated heterocycles. The van der Waals surface area contributed by atoms with Gasteiger partial charge in [-0.25, -0.2) is 9.59 Å². The van der Waals surface area contributed by atoms with E-state index in [1.807, 2.05) is 74.5 Å². The van der Waals surface area contributed by atoms with E-state index in [9.17, 15) is 19.2 Å². The van der Waals surface area contributed by atoms with Crippen LogP contribution in [0.25, 0.3) is 22.3 Å². The van der Waals surface area contributed by atoms with Crippen LogP contribution in [0.1, 0.15) is 126 Å². The molecule has 6 rings (SSSR count). The van der Waals surface area contributed by atoms with Crippen LogP contribution in [0.15, 0.2) is 107 Å². The zero-order chi connectivity index (χ0) is 51.7. The number of nitrogens with zero attached hydrogens (tertiary/aromatic N) is 2. The minimum atomic E-state index is -1.06. The number of nitrogens with one attached hydrogen (secondary N) is 2. The average molecular weight is 998 g/mol. The predicted octanol–water partition coefficient (Wildman–Crippen LogP) is 8.91. The highest BCUT2D eigenvalue weighted by Crippen LogP contribution is 2.45. The molecule has 0 heterocycles. The molecule has 0 saturated carbocycles. The molecule has 4 aromatic carbocycles. The highest BCUT2D eigenvalue weighted by Gasteiger charge is 2.30. The molecule has 17 heteroatoms. The van der Waals surface area contributed by atoms with Gasteiger partial charge in [0, 0.05) is 30.3 Å². The van der Waals surface area contributed by atoms with Crippen LogP contribution in [0, 0.1) is 0 Å². The van der Waals surface area contributed by atoms with Crippen LogP contribution < -0.4 is 33.6 Å². The van der Waals surface area contributed by atoms with Crippen molar-refractivity contribution in [2.24, 2.45) is 32.9 Å². The number of guanidine groups is 2. The Bertz CT molecular complexity index is 2310. The summed E-state index contributed by atoms with van der Waals surface area (Å²) in [5.41, 5.74) is 32.0. The van der Waals surface area contributed by atoms with Gasteiger partial charge in [-0.1, -0.05) is 137 Å². The van der Waals surface area contributed by atoms with Gasteiger partial charge < -0.3 is 42.3 Å². The molecule has 0 aromatic heterocycles. The van der Waals surface area contributed by atoms with E-state index in [0.29, 0.717) is 31.2 Å². The number of aliphatic imine (C=N–C) groups is 2. The van der Waals surface area contributed by atoms with Crippen molar-refractivity contribution in [2.75, 3.05) is 26.3 Å². The summed E-state index contributed by atoms with van der Waals surface area (Å²) in [5, 5.41) is 13.9. The number of unbranched alkanes of at least 4 members (excludes halogenated alkanes) is 2. The monoisotopic (exact) mass is 997 g/mol. The van der Waals surface area contributed by atoms with Crippen LogP contribution in [-0.4, -0.2) is 91.0 Å². The lowest BCUT2D eigenvalue weighted by molar-refractivity contribution is -0.150. The number of carbonyl (C=O) groups is 4. The molecule has 4 unspecified atom stereocenters. The molecular formula is C54H73ClN8O8. The van der Waals surface area contributed by atoms with E-state index in [-0.39, 0.29) is 56.0 Å². The van der Waals surface area contributed by atoms with E-state index >= 15 is 0 Å². The van der Waals surface area contributed by atoms with Crippen molar-refractivity contribution in [3.05, 3.63) is 119 Å². The first-order valence-electron chi connectivity index (χ1n) is 24.6. The normalized spacial score (nSPS) is 14.3. The number of alkyl carbamates (subject to hydrolysis) is 2. The number of benzene rings is 4. The van der Waals surface area contributed by atoms with Crippen LogP contribution in [0.5, 0.6) is 0 Å². The Labute approximate surface area is 423 Å². The van der Waals surface area contributed by atoms with Gasteiger partial charge in [-0.05, 0) is 96.9 Å². The summed E-state index contributed by atoms with van der Waals surface area (Å²) in [4.78, 5) is 55.1. The lowest BCUT2D eigenvalue weighted by Gasteiger charge is -2.16. The minimum absolute atomic E-state index is 0.0303. The highest BCUT2D eigenvalue weighted by molar-refractivity contribution is 6.20. The van der Waals surface area contributed by atoms with Crippen molar-refractivity contribution in [1.29, 1.82) is 0 Å². The van der Waals surface area contributed by atoms with E-state index in [2.05, 4.69) is 70.9 Å². The summed E-state index contributed by atoms with van der Waals surface area (Å²) in [5.74, 6) is -1.64.